The van der Waals surface area contributed by atoms with Crippen molar-refractivity contribution in [3.8, 4) is 0 Å². The van der Waals surface area contributed by atoms with E-state index in [-0.39, 0.29) is 12.6 Å². The Bertz CT molecular complexity index is 381. The van der Waals surface area contributed by atoms with E-state index in [2.05, 4.69) is 0 Å². The normalized spacial score (nSPS) is 26.6. The molecule has 2 fully saturated rings. The minimum absolute atomic E-state index is 0.0692. The van der Waals surface area contributed by atoms with Gasteiger partial charge < -0.3 is 5.11 Å². The van der Waals surface area contributed by atoms with Crippen molar-refractivity contribution >= 4 is 10.2 Å². The second-order valence-corrected chi connectivity index (χ2v) is 7.58. The highest BCUT2D eigenvalue weighted by molar-refractivity contribution is 7.86. The molecular formula is C13H26N2O3S. The highest BCUT2D eigenvalue weighted by Crippen LogP contribution is 2.29. The Labute approximate surface area is 116 Å². The fourth-order valence-electron chi connectivity index (χ4n) is 2.96. The van der Waals surface area contributed by atoms with Crippen LogP contribution >= 0.6 is 0 Å². The fourth-order valence-corrected chi connectivity index (χ4v) is 4.89. The molecule has 6 heteroatoms. The molecular weight excluding hydrogens is 264 g/mol. The van der Waals surface area contributed by atoms with Crippen LogP contribution in [-0.4, -0.2) is 54.4 Å². The van der Waals surface area contributed by atoms with Gasteiger partial charge in [0, 0.05) is 25.7 Å². The van der Waals surface area contributed by atoms with Crippen molar-refractivity contribution in [3.63, 3.8) is 0 Å². The molecule has 1 aliphatic carbocycles. The van der Waals surface area contributed by atoms with Gasteiger partial charge in [0.1, 0.15) is 0 Å². The molecule has 1 heterocycles. The van der Waals surface area contributed by atoms with Gasteiger partial charge in [-0.15, -0.1) is 0 Å². The molecule has 0 bridgehead atoms. The van der Waals surface area contributed by atoms with Crippen LogP contribution in [0.5, 0.6) is 0 Å². The lowest BCUT2D eigenvalue weighted by Crippen LogP contribution is -2.53. The summed E-state index contributed by atoms with van der Waals surface area (Å²) in [6.45, 7) is 3.55. The van der Waals surface area contributed by atoms with Gasteiger partial charge in [-0.2, -0.15) is 17.0 Å². The lowest BCUT2D eigenvalue weighted by molar-refractivity contribution is 0.144. The number of nitrogens with zero attached hydrogens (tertiary/aromatic N) is 2. The molecule has 112 valence electrons. The summed E-state index contributed by atoms with van der Waals surface area (Å²) in [5.74, 6) is 0.534. The lowest BCUT2D eigenvalue weighted by Gasteiger charge is -2.39. The van der Waals surface area contributed by atoms with Crippen LogP contribution in [0.1, 0.15) is 45.4 Å². The van der Waals surface area contributed by atoms with Crippen LogP contribution in [0, 0.1) is 5.92 Å². The monoisotopic (exact) mass is 290 g/mol. The number of aliphatic hydroxyl groups is 1. The average molecular weight is 290 g/mol. The average Bonchev–Trinajstić information content (AvgIpc) is 2.37. The Hall–Kier alpha value is -0.170. The number of aliphatic hydroxyl groups excluding tert-OH is 1. The first kappa shape index (κ1) is 15.2. The van der Waals surface area contributed by atoms with E-state index >= 15 is 0 Å². The zero-order valence-corrected chi connectivity index (χ0v) is 12.6. The Morgan fingerprint density at radius 3 is 2.47 bits per heavy atom. The molecule has 0 aromatic rings. The van der Waals surface area contributed by atoms with Gasteiger partial charge in [-0.25, -0.2) is 0 Å². The van der Waals surface area contributed by atoms with Gasteiger partial charge in [0.05, 0.1) is 6.61 Å². The molecule has 0 amide bonds. The summed E-state index contributed by atoms with van der Waals surface area (Å²) < 4.78 is 28.5. The topological polar surface area (TPSA) is 60.9 Å². The van der Waals surface area contributed by atoms with Crippen LogP contribution in [0.25, 0.3) is 0 Å². The molecule has 0 radical (unpaired) electrons. The maximum Gasteiger partial charge on any atom is 0.282 e. The van der Waals surface area contributed by atoms with E-state index in [1.165, 1.54) is 10.7 Å². The van der Waals surface area contributed by atoms with Gasteiger partial charge in [0.15, 0.2) is 0 Å². The van der Waals surface area contributed by atoms with Crippen molar-refractivity contribution in [2.75, 3.05) is 26.2 Å². The van der Waals surface area contributed by atoms with E-state index in [0.29, 0.717) is 25.6 Å². The third-order valence-electron chi connectivity index (χ3n) is 4.45. The first-order valence-electron chi connectivity index (χ1n) is 7.47. The molecule has 1 N–H and O–H groups in total. The van der Waals surface area contributed by atoms with E-state index in [0.717, 1.165) is 32.1 Å². The van der Waals surface area contributed by atoms with Crippen molar-refractivity contribution in [1.82, 2.24) is 8.61 Å². The Morgan fingerprint density at radius 1 is 1.21 bits per heavy atom. The maximum atomic E-state index is 12.7. The molecule has 1 saturated heterocycles. The van der Waals surface area contributed by atoms with E-state index in [1.807, 2.05) is 6.92 Å². The van der Waals surface area contributed by atoms with Crippen molar-refractivity contribution in [2.24, 2.45) is 5.92 Å². The molecule has 2 aliphatic rings. The van der Waals surface area contributed by atoms with Crippen molar-refractivity contribution in [2.45, 2.75) is 51.5 Å². The molecule has 1 atom stereocenters. The van der Waals surface area contributed by atoms with Crippen LogP contribution in [-0.2, 0) is 10.2 Å². The number of hydrogen-bond donors (Lipinski definition) is 1. The van der Waals surface area contributed by atoms with Crippen molar-refractivity contribution in [1.29, 1.82) is 0 Å². The largest absolute Gasteiger partial charge is 0.395 e. The summed E-state index contributed by atoms with van der Waals surface area (Å²) >= 11 is 0. The van der Waals surface area contributed by atoms with E-state index in [1.54, 1.807) is 4.31 Å². The quantitative estimate of drug-likeness (QED) is 0.799. The Kier molecular flexibility index (Phi) is 5.22. The molecule has 1 saturated carbocycles. The molecule has 5 nitrogen and oxygen atoms in total. The molecule has 1 aliphatic heterocycles. The first-order chi connectivity index (χ1) is 9.09. The summed E-state index contributed by atoms with van der Waals surface area (Å²) in [4.78, 5) is 0. The molecule has 0 aromatic heterocycles. The number of rotatable bonds is 6. The number of hydrogen-bond acceptors (Lipinski definition) is 3. The lowest BCUT2D eigenvalue weighted by atomic mass is 9.85. The first-order valence-corrected chi connectivity index (χ1v) is 8.87. The predicted octanol–water partition coefficient (Wildman–Crippen LogP) is 1.20. The van der Waals surface area contributed by atoms with Crippen LogP contribution in [0.15, 0.2) is 0 Å². The summed E-state index contributed by atoms with van der Waals surface area (Å²) in [5.41, 5.74) is 0. The van der Waals surface area contributed by atoms with Gasteiger partial charge in [-0.05, 0) is 31.6 Å². The second-order valence-electron chi connectivity index (χ2n) is 5.70. The Balaban J connectivity index is 2.08. The van der Waals surface area contributed by atoms with E-state index in [9.17, 15) is 13.5 Å². The van der Waals surface area contributed by atoms with Gasteiger partial charge in [-0.1, -0.05) is 19.8 Å². The summed E-state index contributed by atoms with van der Waals surface area (Å²) in [5, 5.41) is 9.39. The second kappa shape index (κ2) is 6.52. The maximum absolute atomic E-state index is 12.7. The molecule has 19 heavy (non-hydrogen) atoms. The summed E-state index contributed by atoms with van der Waals surface area (Å²) in [7, 11) is -3.40. The minimum Gasteiger partial charge on any atom is -0.395 e. The summed E-state index contributed by atoms with van der Waals surface area (Å²) in [6.07, 6.45) is 6.20. The van der Waals surface area contributed by atoms with E-state index in [4.69, 9.17) is 0 Å². The Morgan fingerprint density at radius 2 is 1.95 bits per heavy atom. The number of piperidine rings is 1. The van der Waals surface area contributed by atoms with Gasteiger partial charge in [0.2, 0.25) is 0 Å². The highest BCUT2D eigenvalue weighted by atomic mass is 32.2. The zero-order valence-electron chi connectivity index (χ0n) is 11.8. The van der Waals surface area contributed by atoms with E-state index < -0.39 is 10.2 Å². The van der Waals surface area contributed by atoms with Crippen LogP contribution in [0.4, 0.5) is 0 Å². The van der Waals surface area contributed by atoms with Crippen molar-refractivity contribution < 1.29 is 13.5 Å². The minimum atomic E-state index is -3.40. The SMILES string of the molecule is CCN(CC1CCC1)S(=O)(=O)N1CCCCC1CO. The van der Waals surface area contributed by atoms with Gasteiger partial charge in [0.25, 0.3) is 10.2 Å². The third kappa shape index (κ3) is 3.29. The highest BCUT2D eigenvalue weighted by Gasteiger charge is 2.37. The molecule has 0 spiro atoms. The third-order valence-corrected chi connectivity index (χ3v) is 6.58. The predicted molar refractivity (Wildman–Crippen MR) is 74.9 cm³/mol. The van der Waals surface area contributed by atoms with Crippen molar-refractivity contribution in [3.05, 3.63) is 0 Å². The van der Waals surface area contributed by atoms with Crippen LogP contribution in [0.2, 0.25) is 0 Å². The van der Waals surface area contributed by atoms with Crippen LogP contribution in [0.3, 0.4) is 0 Å². The van der Waals surface area contributed by atoms with Gasteiger partial charge in [-0.3, -0.25) is 0 Å². The molecule has 2 rings (SSSR count). The van der Waals surface area contributed by atoms with Gasteiger partial charge >= 0.3 is 0 Å². The molecule has 0 aromatic carbocycles. The van der Waals surface area contributed by atoms with Crippen LogP contribution < -0.4 is 0 Å². The smallest absolute Gasteiger partial charge is 0.282 e. The molecule has 1 unspecified atom stereocenters. The fraction of sp³-hybridized carbons (Fsp3) is 1.00. The summed E-state index contributed by atoms with van der Waals surface area (Å²) in [6, 6.07) is -0.228. The standard InChI is InChI=1S/C13H26N2O3S/c1-2-14(10-12-6-5-7-12)19(17,18)15-9-4-3-8-13(15)11-16/h12-13,16H,2-11H2,1H3. The zero-order chi connectivity index (χ0) is 13.9.